The van der Waals surface area contributed by atoms with Crippen LogP contribution in [-0.2, 0) is 0 Å². The lowest BCUT2D eigenvalue weighted by atomic mass is 9.90. The molecule has 4 rings (SSSR count). The van der Waals surface area contributed by atoms with Crippen molar-refractivity contribution in [1.82, 2.24) is 15.1 Å². The van der Waals surface area contributed by atoms with Crippen molar-refractivity contribution in [1.29, 1.82) is 0 Å². The smallest absolute Gasteiger partial charge is 0.0649 e. The second-order valence-corrected chi connectivity index (χ2v) is 6.06. The van der Waals surface area contributed by atoms with Gasteiger partial charge in [0.2, 0.25) is 0 Å². The molecule has 1 aliphatic heterocycles. The number of aromatic nitrogens is 2. The number of rotatable bonds is 3. The highest BCUT2D eigenvalue weighted by atomic mass is 15.3. The molecule has 1 aromatic heterocycles. The zero-order chi connectivity index (χ0) is 13.4. The van der Waals surface area contributed by atoms with Gasteiger partial charge in [0, 0.05) is 17.8 Å². The topological polar surface area (TPSA) is 29.9 Å². The monoisotopic (exact) mass is 267 g/mol. The Labute approximate surface area is 120 Å². The molecule has 20 heavy (non-hydrogen) atoms. The number of nitrogens with zero attached hydrogens (tertiary/aromatic N) is 2. The highest BCUT2D eigenvalue weighted by Gasteiger charge is 2.27. The van der Waals surface area contributed by atoms with Crippen LogP contribution in [0, 0.1) is 0 Å². The van der Waals surface area contributed by atoms with Crippen molar-refractivity contribution in [3.05, 3.63) is 47.8 Å². The maximum absolute atomic E-state index is 4.50. The summed E-state index contributed by atoms with van der Waals surface area (Å²) in [6, 6.07) is 11.2. The SMILES string of the molecule is c1cc(C2CC2)n(-c2ccc(C3CCNCC3)cc2)n1. The minimum Gasteiger partial charge on any atom is -0.317 e. The van der Waals surface area contributed by atoms with Crippen molar-refractivity contribution in [3.8, 4) is 5.69 Å². The first kappa shape index (κ1) is 12.2. The highest BCUT2D eigenvalue weighted by molar-refractivity contribution is 5.38. The third kappa shape index (κ3) is 2.27. The van der Waals surface area contributed by atoms with Crippen LogP contribution in [0.3, 0.4) is 0 Å². The molecule has 1 aromatic carbocycles. The van der Waals surface area contributed by atoms with E-state index in [1.165, 1.54) is 42.6 Å². The predicted octanol–water partition coefficient (Wildman–Crippen LogP) is 3.22. The largest absolute Gasteiger partial charge is 0.317 e. The van der Waals surface area contributed by atoms with E-state index in [-0.39, 0.29) is 0 Å². The van der Waals surface area contributed by atoms with Crippen LogP contribution in [0.1, 0.15) is 48.8 Å². The van der Waals surface area contributed by atoms with Gasteiger partial charge >= 0.3 is 0 Å². The van der Waals surface area contributed by atoms with Crippen molar-refractivity contribution < 1.29 is 0 Å². The summed E-state index contributed by atoms with van der Waals surface area (Å²) in [5, 5.41) is 7.93. The predicted molar refractivity (Wildman–Crippen MR) is 80.4 cm³/mol. The van der Waals surface area contributed by atoms with Crippen LogP contribution in [0.25, 0.3) is 5.69 Å². The molecule has 3 nitrogen and oxygen atoms in total. The molecule has 0 radical (unpaired) electrons. The second kappa shape index (κ2) is 5.06. The lowest BCUT2D eigenvalue weighted by molar-refractivity contribution is 0.460. The van der Waals surface area contributed by atoms with Gasteiger partial charge in [0.25, 0.3) is 0 Å². The summed E-state index contributed by atoms with van der Waals surface area (Å²) in [5.41, 5.74) is 4.06. The van der Waals surface area contributed by atoms with E-state index in [1.807, 2.05) is 6.20 Å². The Hall–Kier alpha value is -1.61. The van der Waals surface area contributed by atoms with Gasteiger partial charge in [0.05, 0.1) is 5.69 Å². The van der Waals surface area contributed by atoms with Gasteiger partial charge < -0.3 is 5.32 Å². The molecule has 1 N–H and O–H groups in total. The van der Waals surface area contributed by atoms with Crippen molar-refractivity contribution in [2.75, 3.05) is 13.1 Å². The van der Waals surface area contributed by atoms with E-state index in [4.69, 9.17) is 0 Å². The molecule has 1 saturated heterocycles. The standard InChI is InChI=1S/C17H21N3/c1-2-15(1)17-9-12-19-20(17)16-5-3-13(4-6-16)14-7-10-18-11-8-14/h3-6,9,12,14-15,18H,1-2,7-8,10-11H2. The minimum absolute atomic E-state index is 0.728. The van der Waals surface area contributed by atoms with Gasteiger partial charge in [-0.1, -0.05) is 12.1 Å². The Morgan fingerprint density at radius 3 is 2.35 bits per heavy atom. The first-order valence-electron chi connectivity index (χ1n) is 7.77. The fourth-order valence-electron chi connectivity index (χ4n) is 3.26. The molecule has 2 aromatic rings. The highest BCUT2D eigenvalue weighted by Crippen LogP contribution is 2.40. The van der Waals surface area contributed by atoms with Gasteiger partial charge in [0.1, 0.15) is 0 Å². The summed E-state index contributed by atoms with van der Waals surface area (Å²) in [6.45, 7) is 2.30. The quantitative estimate of drug-likeness (QED) is 0.925. The van der Waals surface area contributed by atoms with Crippen molar-refractivity contribution in [2.45, 2.75) is 37.5 Å². The first-order valence-corrected chi connectivity index (χ1v) is 7.77. The van der Waals surface area contributed by atoms with Crippen LogP contribution < -0.4 is 5.32 Å². The van der Waals surface area contributed by atoms with Crippen LogP contribution in [0.15, 0.2) is 36.5 Å². The molecule has 0 amide bonds. The number of benzene rings is 1. The van der Waals surface area contributed by atoms with Crippen LogP contribution in [-0.4, -0.2) is 22.9 Å². The average Bonchev–Trinajstić information content (AvgIpc) is 3.25. The van der Waals surface area contributed by atoms with E-state index >= 15 is 0 Å². The second-order valence-electron chi connectivity index (χ2n) is 6.06. The lowest BCUT2D eigenvalue weighted by Gasteiger charge is -2.23. The van der Waals surface area contributed by atoms with Gasteiger partial charge in [-0.3, -0.25) is 0 Å². The maximum atomic E-state index is 4.50. The van der Waals surface area contributed by atoms with E-state index in [0.717, 1.165) is 24.9 Å². The molecule has 1 aliphatic carbocycles. The number of piperidine rings is 1. The molecular weight excluding hydrogens is 246 g/mol. The third-order valence-electron chi connectivity index (χ3n) is 4.62. The summed E-state index contributed by atoms with van der Waals surface area (Å²) in [4.78, 5) is 0. The van der Waals surface area contributed by atoms with Crippen molar-refractivity contribution in [2.24, 2.45) is 0 Å². The van der Waals surface area contributed by atoms with Crippen LogP contribution in [0.4, 0.5) is 0 Å². The third-order valence-corrected chi connectivity index (χ3v) is 4.62. The summed E-state index contributed by atoms with van der Waals surface area (Å²) in [6.07, 6.45) is 7.08. The summed E-state index contributed by atoms with van der Waals surface area (Å²) < 4.78 is 2.11. The minimum atomic E-state index is 0.728. The van der Waals surface area contributed by atoms with Crippen LogP contribution in [0.2, 0.25) is 0 Å². The fourth-order valence-corrected chi connectivity index (χ4v) is 3.26. The number of nitrogens with one attached hydrogen (secondary N) is 1. The van der Waals surface area contributed by atoms with Gasteiger partial charge in [0.15, 0.2) is 0 Å². The van der Waals surface area contributed by atoms with E-state index < -0.39 is 0 Å². The Bertz CT molecular complexity index is 575. The van der Waals surface area contributed by atoms with Gasteiger partial charge in [-0.2, -0.15) is 5.10 Å². The van der Waals surface area contributed by atoms with Crippen molar-refractivity contribution in [3.63, 3.8) is 0 Å². The number of hydrogen-bond acceptors (Lipinski definition) is 2. The molecule has 3 heteroatoms. The Kier molecular flexibility index (Phi) is 3.07. The van der Waals surface area contributed by atoms with E-state index in [1.54, 1.807) is 0 Å². The van der Waals surface area contributed by atoms with Crippen LogP contribution >= 0.6 is 0 Å². The normalized spacial score (nSPS) is 20.2. The molecule has 0 spiro atoms. The van der Waals surface area contributed by atoms with E-state index in [9.17, 15) is 0 Å². The van der Waals surface area contributed by atoms with Gasteiger partial charge in [-0.05, 0) is 68.5 Å². The zero-order valence-electron chi connectivity index (χ0n) is 11.8. The summed E-state index contributed by atoms with van der Waals surface area (Å²) >= 11 is 0. The lowest BCUT2D eigenvalue weighted by Crippen LogP contribution is -2.26. The Morgan fingerprint density at radius 2 is 1.65 bits per heavy atom. The Morgan fingerprint density at radius 1 is 0.900 bits per heavy atom. The Balaban J connectivity index is 1.58. The molecule has 0 bridgehead atoms. The molecule has 2 heterocycles. The maximum Gasteiger partial charge on any atom is 0.0649 e. The molecule has 1 saturated carbocycles. The van der Waals surface area contributed by atoms with Crippen molar-refractivity contribution >= 4 is 0 Å². The molecule has 2 fully saturated rings. The van der Waals surface area contributed by atoms with E-state index in [2.05, 4.69) is 45.4 Å². The van der Waals surface area contributed by atoms with Gasteiger partial charge in [-0.15, -0.1) is 0 Å². The molecule has 104 valence electrons. The summed E-state index contributed by atoms with van der Waals surface area (Å²) in [5.74, 6) is 1.47. The fraction of sp³-hybridized carbons (Fsp3) is 0.471. The average molecular weight is 267 g/mol. The van der Waals surface area contributed by atoms with E-state index in [0.29, 0.717) is 0 Å². The molecule has 2 aliphatic rings. The molecular formula is C17H21N3. The first-order chi connectivity index (χ1) is 9.92. The number of hydrogen-bond donors (Lipinski definition) is 1. The van der Waals surface area contributed by atoms with Gasteiger partial charge in [-0.25, -0.2) is 4.68 Å². The molecule has 0 atom stereocenters. The van der Waals surface area contributed by atoms with Crippen LogP contribution in [0.5, 0.6) is 0 Å². The molecule has 0 unspecified atom stereocenters. The zero-order valence-corrected chi connectivity index (χ0v) is 11.8. The summed E-state index contributed by atoms with van der Waals surface area (Å²) in [7, 11) is 0.